The minimum absolute atomic E-state index is 0.107. The summed E-state index contributed by atoms with van der Waals surface area (Å²) >= 11 is 0. The Morgan fingerprint density at radius 2 is 1.50 bits per heavy atom. The molecule has 4 bridgehead atoms. The maximum Gasteiger partial charge on any atom is 0.220 e. The fourth-order valence-corrected chi connectivity index (χ4v) is 4.88. The van der Waals surface area contributed by atoms with Crippen LogP contribution in [0.15, 0.2) is 0 Å². The zero-order valence-electron chi connectivity index (χ0n) is 12.0. The molecule has 1 amide bonds. The van der Waals surface area contributed by atoms with Crippen LogP contribution in [-0.4, -0.2) is 11.9 Å². The summed E-state index contributed by atoms with van der Waals surface area (Å²) in [6, 6.07) is 0.507. The number of carbonyl (C=O) groups is 1. The Kier molecular flexibility index (Phi) is 2.95. The van der Waals surface area contributed by atoms with Gasteiger partial charge in [-0.15, -0.1) is 0 Å². The van der Waals surface area contributed by atoms with Crippen molar-refractivity contribution >= 4 is 5.91 Å². The van der Waals surface area contributed by atoms with E-state index in [1.807, 2.05) is 0 Å². The van der Waals surface area contributed by atoms with Gasteiger partial charge in [-0.1, -0.05) is 20.8 Å². The van der Waals surface area contributed by atoms with Crippen LogP contribution in [0, 0.1) is 29.1 Å². The van der Waals surface area contributed by atoms with E-state index in [1.54, 1.807) is 0 Å². The van der Waals surface area contributed by atoms with Crippen molar-refractivity contribution in [1.82, 2.24) is 5.32 Å². The van der Waals surface area contributed by atoms with Gasteiger partial charge in [-0.3, -0.25) is 4.79 Å². The number of carbonyl (C=O) groups excluding carboxylic acids is 1. The van der Waals surface area contributed by atoms with Crippen molar-refractivity contribution < 1.29 is 4.79 Å². The summed E-state index contributed by atoms with van der Waals surface area (Å²) in [5.41, 5.74) is 0.107. The lowest BCUT2D eigenvalue weighted by Crippen LogP contribution is -2.56. The molecule has 0 heterocycles. The van der Waals surface area contributed by atoms with Crippen LogP contribution in [0.3, 0.4) is 0 Å². The van der Waals surface area contributed by atoms with Crippen LogP contribution < -0.4 is 5.32 Å². The largest absolute Gasteiger partial charge is 0.353 e. The zero-order valence-corrected chi connectivity index (χ0v) is 12.0. The Labute approximate surface area is 111 Å². The van der Waals surface area contributed by atoms with E-state index in [4.69, 9.17) is 0 Å². The lowest BCUT2D eigenvalue weighted by Gasteiger charge is -2.54. The van der Waals surface area contributed by atoms with E-state index in [0.29, 0.717) is 12.5 Å². The maximum atomic E-state index is 12.1. The van der Waals surface area contributed by atoms with E-state index in [2.05, 4.69) is 26.1 Å². The molecule has 1 N–H and O–H groups in total. The quantitative estimate of drug-likeness (QED) is 0.799. The van der Waals surface area contributed by atoms with Gasteiger partial charge < -0.3 is 5.32 Å². The molecule has 0 aromatic carbocycles. The van der Waals surface area contributed by atoms with E-state index >= 15 is 0 Å². The van der Waals surface area contributed by atoms with Crippen molar-refractivity contribution in [3.63, 3.8) is 0 Å². The number of rotatable bonds is 2. The van der Waals surface area contributed by atoms with Gasteiger partial charge >= 0.3 is 0 Å². The second-order valence-electron chi connectivity index (χ2n) is 8.26. The minimum atomic E-state index is 0.107. The van der Waals surface area contributed by atoms with Gasteiger partial charge in [0.25, 0.3) is 0 Å². The molecule has 2 nitrogen and oxygen atoms in total. The van der Waals surface area contributed by atoms with Gasteiger partial charge in [0.05, 0.1) is 0 Å². The molecule has 4 rings (SSSR count). The Balaban J connectivity index is 1.62. The van der Waals surface area contributed by atoms with Crippen molar-refractivity contribution in [3.05, 3.63) is 0 Å². The van der Waals surface area contributed by atoms with Gasteiger partial charge in [0, 0.05) is 12.5 Å². The molecular weight excluding hydrogens is 222 g/mol. The first-order chi connectivity index (χ1) is 8.40. The predicted molar refractivity (Wildman–Crippen MR) is 73.0 cm³/mol. The summed E-state index contributed by atoms with van der Waals surface area (Å²) in [5.74, 6) is 3.85. The molecule has 102 valence electrons. The van der Waals surface area contributed by atoms with Crippen LogP contribution >= 0.6 is 0 Å². The monoisotopic (exact) mass is 249 g/mol. The maximum absolute atomic E-state index is 12.1. The highest BCUT2D eigenvalue weighted by Gasteiger charge is 2.48. The smallest absolute Gasteiger partial charge is 0.220 e. The van der Waals surface area contributed by atoms with E-state index < -0.39 is 0 Å². The molecule has 4 fully saturated rings. The van der Waals surface area contributed by atoms with Crippen molar-refractivity contribution in [2.24, 2.45) is 29.1 Å². The van der Waals surface area contributed by atoms with Gasteiger partial charge in [-0.05, 0) is 61.2 Å². The fraction of sp³-hybridized carbons (Fsp3) is 0.938. The standard InChI is InChI=1S/C16H27NO/c1-16(2,3)9-14(18)17-15-12-5-10-4-11(7-12)8-13(15)6-10/h10-13,15H,4-9H2,1-3H3,(H,17,18). The molecule has 0 aromatic rings. The molecule has 0 atom stereocenters. The average molecular weight is 249 g/mol. The van der Waals surface area contributed by atoms with Crippen molar-refractivity contribution in [1.29, 1.82) is 0 Å². The highest BCUT2D eigenvalue weighted by Crippen LogP contribution is 2.53. The first-order valence-electron chi connectivity index (χ1n) is 7.70. The molecule has 2 heteroatoms. The summed E-state index contributed by atoms with van der Waals surface area (Å²) in [4.78, 5) is 12.1. The van der Waals surface area contributed by atoms with Gasteiger partial charge in [-0.25, -0.2) is 0 Å². The van der Waals surface area contributed by atoms with Crippen molar-refractivity contribution in [3.8, 4) is 0 Å². The third-order valence-electron chi connectivity index (χ3n) is 5.25. The first kappa shape index (κ1) is 12.5. The third kappa shape index (κ3) is 2.44. The van der Waals surface area contributed by atoms with Crippen LogP contribution in [0.2, 0.25) is 0 Å². The summed E-state index contributed by atoms with van der Waals surface area (Å²) in [5, 5.41) is 3.38. The van der Waals surface area contributed by atoms with E-state index in [0.717, 1.165) is 23.7 Å². The SMILES string of the molecule is CC(C)(C)CC(=O)NC1C2CC3CC(C2)CC1C3. The van der Waals surface area contributed by atoms with Crippen LogP contribution in [-0.2, 0) is 4.79 Å². The molecule has 0 saturated heterocycles. The van der Waals surface area contributed by atoms with Crippen molar-refractivity contribution in [2.45, 2.75) is 65.3 Å². The van der Waals surface area contributed by atoms with Gasteiger partial charge in [0.15, 0.2) is 0 Å². The molecule has 18 heavy (non-hydrogen) atoms. The van der Waals surface area contributed by atoms with Gasteiger partial charge in [-0.2, -0.15) is 0 Å². The lowest BCUT2D eigenvalue weighted by atomic mass is 9.54. The second kappa shape index (κ2) is 4.25. The average Bonchev–Trinajstić information content (AvgIpc) is 2.19. The molecule has 0 aliphatic heterocycles. The van der Waals surface area contributed by atoms with Gasteiger partial charge in [0.2, 0.25) is 5.91 Å². The summed E-state index contributed by atoms with van der Waals surface area (Å²) in [7, 11) is 0. The Hall–Kier alpha value is -0.530. The lowest BCUT2D eigenvalue weighted by molar-refractivity contribution is -0.126. The van der Waals surface area contributed by atoms with E-state index in [1.165, 1.54) is 32.1 Å². The summed E-state index contributed by atoms with van der Waals surface area (Å²) < 4.78 is 0. The molecule has 4 aliphatic carbocycles. The summed E-state index contributed by atoms with van der Waals surface area (Å²) in [6.07, 6.45) is 7.67. The zero-order chi connectivity index (χ0) is 12.9. The number of hydrogen-bond donors (Lipinski definition) is 1. The van der Waals surface area contributed by atoms with E-state index in [9.17, 15) is 4.79 Å². The molecule has 4 aliphatic rings. The predicted octanol–water partition coefficient (Wildman–Crippen LogP) is 3.36. The van der Waals surface area contributed by atoms with Gasteiger partial charge in [0.1, 0.15) is 0 Å². The van der Waals surface area contributed by atoms with Crippen LogP contribution in [0.5, 0.6) is 0 Å². The minimum Gasteiger partial charge on any atom is -0.353 e. The number of hydrogen-bond acceptors (Lipinski definition) is 1. The van der Waals surface area contributed by atoms with E-state index in [-0.39, 0.29) is 11.3 Å². The van der Waals surface area contributed by atoms with Crippen LogP contribution in [0.4, 0.5) is 0 Å². The molecule has 0 radical (unpaired) electrons. The number of nitrogens with one attached hydrogen (secondary N) is 1. The van der Waals surface area contributed by atoms with Crippen molar-refractivity contribution in [2.75, 3.05) is 0 Å². The van der Waals surface area contributed by atoms with Crippen LogP contribution in [0.1, 0.15) is 59.3 Å². The van der Waals surface area contributed by atoms with Crippen LogP contribution in [0.25, 0.3) is 0 Å². The molecule has 0 aromatic heterocycles. The Morgan fingerprint density at radius 3 is 1.94 bits per heavy atom. The normalized spacial score (nSPS) is 42.1. The molecular formula is C16H27NO. The highest BCUT2D eigenvalue weighted by atomic mass is 16.1. The number of amides is 1. The second-order valence-corrected chi connectivity index (χ2v) is 8.26. The topological polar surface area (TPSA) is 29.1 Å². The fourth-order valence-electron chi connectivity index (χ4n) is 4.88. The Bertz CT molecular complexity index is 313. The highest BCUT2D eigenvalue weighted by molar-refractivity contribution is 5.77. The molecule has 0 unspecified atom stereocenters. The molecule has 4 saturated carbocycles. The Morgan fingerprint density at radius 1 is 1.00 bits per heavy atom. The first-order valence-corrected chi connectivity index (χ1v) is 7.70. The molecule has 0 spiro atoms. The third-order valence-corrected chi connectivity index (χ3v) is 5.25. The summed E-state index contributed by atoms with van der Waals surface area (Å²) in [6.45, 7) is 6.43.